The molecule has 0 unspecified atom stereocenters. The van der Waals surface area contributed by atoms with Crippen molar-refractivity contribution < 1.29 is 9.18 Å². The Morgan fingerprint density at radius 2 is 1.80 bits per heavy atom. The highest BCUT2D eigenvalue weighted by Gasteiger charge is 2.22. The molecule has 0 bridgehead atoms. The molecule has 1 aromatic heterocycles. The predicted octanol–water partition coefficient (Wildman–Crippen LogP) is 4.60. The van der Waals surface area contributed by atoms with E-state index < -0.39 is 5.82 Å². The summed E-state index contributed by atoms with van der Waals surface area (Å²) in [6.07, 6.45) is 0. The van der Waals surface area contributed by atoms with Crippen LogP contribution in [0.25, 0.3) is 11.3 Å². The van der Waals surface area contributed by atoms with E-state index in [1.54, 1.807) is 4.90 Å². The number of aryl methyl sites for hydroxylation is 1. The van der Waals surface area contributed by atoms with Gasteiger partial charge in [-0.25, -0.2) is 9.18 Å². The number of piperazine rings is 1. The van der Waals surface area contributed by atoms with Gasteiger partial charge in [-0.15, -0.1) is 10.2 Å². The number of nitrogens with one attached hydrogen (secondary N) is 1. The molecule has 4 rings (SSSR count). The van der Waals surface area contributed by atoms with Crippen LogP contribution < -0.4 is 10.2 Å². The molecule has 0 atom stereocenters. The minimum absolute atomic E-state index is 0.0228. The highest BCUT2D eigenvalue weighted by Crippen LogP contribution is 2.23. The molecule has 1 N–H and O–H groups in total. The zero-order chi connectivity index (χ0) is 21.1. The molecule has 30 heavy (non-hydrogen) atoms. The van der Waals surface area contributed by atoms with Crippen LogP contribution in [0, 0.1) is 12.7 Å². The van der Waals surface area contributed by atoms with Crippen molar-refractivity contribution in [3.8, 4) is 11.3 Å². The van der Waals surface area contributed by atoms with Crippen molar-refractivity contribution >= 4 is 29.1 Å². The third-order valence-corrected chi connectivity index (χ3v) is 5.42. The second kappa shape index (κ2) is 8.67. The fraction of sp³-hybridized carbons (Fsp3) is 0.227. The van der Waals surface area contributed by atoms with Gasteiger partial charge in [-0.3, -0.25) is 0 Å². The van der Waals surface area contributed by atoms with Crippen LogP contribution in [0.15, 0.2) is 54.6 Å². The maximum absolute atomic E-state index is 13.3. The van der Waals surface area contributed by atoms with Crippen LogP contribution >= 0.6 is 11.6 Å². The van der Waals surface area contributed by atoms with Crippen molar-refractivity contribution in [2.45, 2.75) is 6.92 Å². The highest BCUT2D eigenvalue weighted by atomic mass is 35.5. The molecule has 6 nitrogen and oxygen atoms in total. The first kappa shape index (κ1) is 20.1. The summed E-state index contributed by atoms with van der Waals surface area (Å²) in [4.78, 5) is 16.3. The predicted molar refractivity (Wildman–Crippen MR) is 116 cm³/mol. The van der Waals surface area contributed by atoms with E-state index in [9.17, 15) is 9.18 Å². The van der Waals surface area contributed by atoms with Crippen molar-refractivity contribution in [1.82, 2.24) is 15.1 Å². The molecule has 3 aromatic rings. The fourth-order valence-corrected chi connectivity index (χ4v) is 3.59. The van der Waals surface area contributed by atoms with Gasteiger partial charge >= 0.3 is 6.03 Å². The summed E-state index contributed by atoms with van der Waals surface area (Å²) in [7, 11) is 0. The number of carbonyl (C=O) groups is 1. The van der Waals surface area contributed by atoms with Crippen LogP contribution in [0.4, 0.5) is 20.7 Å². The molecule has 0 saturated carbocycles. The maximum Gasteiger partial charge on any atom is 0.321 e. The molecule has 1 saturated heterocycles. The largest absolute Gasteiger partial charge is 0.352 e. The van der Waals surface area contributed by atoms with Crippen LogP contribution in [0.2, 0.25) is 5.02 Å². The van der Waals surface area contributed by atoms with E-state index in [1.165, 1.54) is 18.2 Å². The smallest absolute Gasteiger partial charge is 0.321 e. The van der Waals surface area contributed by atoms with Crippen molar-refractivity contribution in [2.75, 3.05) is 36.4 Å². The van der Waals surface area contributed by atoms with E-state index in [0.29, 0.717) is 31.9 Å². The van der Waals surface area contributed by atoms with E-state index in [4.69, 9.17) is 11.6 Å². The number of nitrogens with zero attached hydrogens (tertiary/aromatic N) is 4. The van der Waals surface area contributed by atoms with Gasteiger partial charge in [0.1, 0.15) is 5.82 Å². The van der Waals surface area contributed by atoms with Gasteiger partial charge in [0, 0.05) is 37.4 Å². The van der Waals surface area contributed by atoms with Gasteiger partial charge in [0.25, 0.3) is 0 Å². The van der Waals surface area contributed by atoms with E-state index in [2.05, 4.69) is 33.4 Å². The zero-order valence-corrected chi connectivity index (χ0v) is 17.2. The summed E-state index contributed by atoms with van der Waals surface area (Å²) < 4.78 is 13.3. The number of halogens is 2. The Hall–Kier alpha value is -3.19. The molecule has 0 radical (unpaired) electrons. The number of anilines is 2. The average molecular weight is 426 g/mol. The van der Waals surface area contributed by atoms with Crippen LogP contribution in [0.1, 0.15) is 5.56 Å². The minimum Gasteiger partial charge on any atom is -0.352 e. The number of amides is 2. The molecular formula is C22H21ClFN5O. The fourth-order valence-electron chi connectivity index (χ4n) is 3.41. The van der Waals surface area contributed by atoms with Gasteiger partial charge < -0.3 is 15.1 Å². The average Bonchev–Trinajstić information content (AvgIpc) is 2.77. The standard InChI is InChI=1S/C22H21ClFN5O/c1-15-4-2-3-5-17(15)20-8-9-21(27-26-20)28-10-12-29(13-11-28)22(30)25-16-6-7-19(24)18(23)14-16/h2-9,14H,10-13H2,1H3,(H,25,30). The number of hydrogen-bond donors (Lipinski definition) is 1. The first-order valence-corrected chi connectivity index (χ1v) is 10.0. The monoisotopic (exact) mass is 425 g/mol. The quantitative estimate of drug-likeness (QED) is 0.666. The first-order valence-electron chi connectivity index (χ1n) is 9.67. The normalized spacial score (nSPS) is 14.0. The number of urea groups is 1. The second-order valence-corrected chi connectivity index (χ2v) is 7.53. The molecule has 154 valence electrons. The van der Waals surface area contributed by atoms with Gasteiger partial charge in [-0.05, 0) is 42.8 Å². The van der Waals surface area contributed by atoms with Crippen LogP contribution in [-0.4, -0.2) is 47.3 Å². The number of hydrogen-bond acceptors (Lipinski definition) is 4. The van der Waals surface area contributed by atoms with Gasteiger partial charge in [-0.1, -0.05) is 35.9 Å². The molecule has 0 spiro atoms. The second-order valence-electron chi connectivity index (χ2n) is 7.12. The molecule has 1 aliphatic heterocycles. The number of benzene rings is 2. The minimum atomic E-state index is -0.516. The van der Waals surface area contributed by atoms with Crippen LogP contribution in [-0.2, 0) is 0 Å². The summed E-state index contributed by atoms with van der Waals surface area (Å²) in [5.41, 5.74) is 3.53. The molecule has 1 fully saturated rings. The SMILES string of the molecule is Cc1ccccc1-c1ccc(N2CCN(C(=O)Nc3ccc(F)c(Cl)c3)CC2)nn1. The molecule has 2 aromatic carbocycles. The molecule has 0 aliphatic carbocycles. The van der Waals surface area contributed by atoms with Gasteiger partial charge in [0.05, 0.1) is 10.7 Å². The molecule has 2 amide bonds. The highest BCUT2D eigenvalue weighted by molar-refractivity contribution is 6.31. The van der Waals surface area contributed by atoms with Crippen LogP contribution in [0.5, 0.6) is 0 Å². The Bertz CT molecular complexity index is 1050. The summed E-state index contributed by atoms with van der Waals surface area (Å²) in [5, 5.41) is 11.5. The Balaban J connectivity index is 1.35. The van der Waals surface area contributed by atoms with E-state index in [1.807, 2.05) is 30.3 Å². The molecular weight excluding hydrogens is 405 g/mol. The Labute approximate surface area is 179 Å². The number of rotatable bonds is 3. The Morgan fingerprint density at radius 1 is 1.03 bits per heavy atom. The summed E-state index contributed by atoms with van der Waals surface area (Å²) >= 11 is 5.77. The summed E-state index contributed by atoms with van der Waals surface area (Å²) in [6.45, 7) is 4.44. The molecule has 8 heteroatoms. The first-order chi connectivity index (χ1) is 14.5. The van der Waals surface area contributed by atoms with Gasteiger partial charge in [0.15, 0.2) is 5.82 Å². The Morgan fingerprint density at radius 3 is 2.47 bits per heavy atom. The lowest BCUT2D eigenvalue weighted by Gasteiger charge is -2.35. The van der Waals surface area contributed by atoms with E-state index in [-0.39, 0.29) is 11.1 Å². The third kappa shape index (κ3) is 4.36. The van der Waals surface area contributed by atoms with E-state index in [0.717, 1.165) is 22.6 Å². The number of carbonyl (C=O) groups excluding carboxylic acids is 1. The molecule has 1 aliphatic rings. The molecule has 2 heterocycles. The maximum atomic E-state index is 13.3. The summed E-state index contributed by atoms with van der Waals surface area (Å²) in [5.74, 6) is 0.274. The van der Waals surface area contributed by atoms with Crippen LogP contribution in [0.3, 0.4) is 0 Å². The van der Waals surface area contributed by atoms with Gasteiger partial charge in [0.2, 0.25) is 0 Å². The van der Waals surface area contributed by atoms with Crippen molar-refractivity contribution in [3.05, 3.63) is 71.0 Å². The Kier molecular flexibility index (Phi) is 5.81. The van der Waals surface area contributed by atoms with Crippen molar-refractivity contribution in [3.63, 3.8) is 0 Å². The van der Waals surface area contributed by atoms with E-state index >= 15 is 0 Å². The zero-order valence-electron chi connectivity index (χ0n) is 16.5. The van der Waals surface area contributed by atoms with Gasteiger partial charge in [-0.2, -0.15) is 0 Å². The topological polar surface area (TPSA) is 61.4 Å². The van der Waals surface area contributed by atoms with Crippen molar-refractivity contribution in [2.24, 2.45) is 0 Å². The lowest BCUT2D eigenvalue weighted by atomic mass is 10.1. The lowest BCUT2D eigenvalue weighted by molar-refractivity contribution is 0.208. The third-order valence-electron chi connectivity index (χ3n) is 5.13. The lowest BCUT2D eigenvalue weighted by Crippen LogP contribution is -2.50. The summed E-state index contributed by atoms with van der Waals surface area (Å²) in [6, 6.07) is 15.9. The van der Waals surface area contributed by atoms with Crippen molar-refractivity contribution in [1.29, 1.82) is 0 Å². The number of aromatic nitrogens is 2.